The fraction of sp³-hybridized carbons (Fsp3) is 0.273. The first-order valence-corrected chi connectivity index (χ1v) is 7.94. The van der Waals surface area contributed by atoms with Crippen LogP contribution in [0.25, 0.3) is 0 Å². The van der Waals surface area contributed by atoms with Crippen molar-refractivity contribution in [2.45, 2.75) is 19.8 Å². The second kappa shape index (κ2) is 6.81. The summed E-state index contributed by atoms with van der Waals surface area (Å²) in [7, 11) is 0. The molecule has 0 aliphatic heterocycles. The van der Waals surface area contributed by atoms with E-state index in [9.17, 15) is 0 Å². The van der Waals surface area contributed by atoms with Crippen molar-refractivity contribution in [1.29, 1.82) is 0 Å². The SMILES string of the molecule is CC1=[C]([Hf][C]2=CC=CC2)CC=C1.Cl.Cl. The fourth-order valence-electron chi connectivity index (χ4n) is 1.50. The van der Waals surface area contributed by atoms with E-state index < -0.39 is 22.9 Å². The van der Waals surface area contributed by atoms with Gasteiger partial charge >= 0.3 is 85.3 Å². The predicted octanol–water partition coefficient (Wildman–Crippen LogP) is 3.99. The predicted molar refractivity (Wildman–Crippen MR) is 62.8 cm³/mol. The maximum atomic E-state index is 2.34. The summed E-state index contributed by atoms with van der Waals surface area (Å²) >= 11 is -0.569. The summed E-state index contributed by atoms with van der Waals surface area (Å²) < 4.78 is 3.55. The Morgan fingerprint density at radius 3 is 2.43 bits per heavy atom. The summed E-state index contributed by atoms with van der Waals surface area (Å²) in [5.41, 5.74) is 1.56. The van der Waals surface area contributed by atoms with Gasteiger partial charge in [0.05, 0.1) is 0 Å². The van der Waals surface area contributed by atoms with E-state index in [0.29, 0.717) is 0 Å². The third kappa shape index (κ3) is 3.52. The van der Waals surface area contributed by atoms with E-state index in [1.807, 2.05) is 0 Å². The van der Waals surface area contributed by atoms with Crippen LogP contribution >= 0.6 is 24.8 Å². The first-order valence-electron chi connectivity index (χ1n) is 4.35. The summed E-state index contributed by atoms with van der Waals surface area (Å²) in [6.45, 7) is 2.26. The fourth-order valence-corrected chi connectivity index (χ4v) is 6.12. The van der Waals surface area contributed by atoms with Crippen molar-refractivity contribution < 1.29 is 22.9 Å². The molecular weight excluding hydrogens is 382 g/mol. The van der Waals surface area contributed by atoms with Crippen molar-refractivity contribution in [2.24, 2.45) is 0 Å². The number of allylic oxidation sites excluding steroid dienone is 8. The molecule has 0 unspecified atom stereocenters. The minimum absolute atomic E-state index is 0. The number of hydrogen-bond acceptors (Lipinski definition) is 0. The van der Waals surface area contributed by atoms with Crippen LogP contribution in [0.4, 0.5) is 0 Å². The molecule has 2 aliphatic carbocycles. The molecule has 0 fully saturated rings. The topological polar surface area (TPSA) is 0 Å². The van der Waals surface area contributed by atoms with Crippen LogP contribution in [0.3, 0.4) is 0 Å². The van der Waals surface area contributed by atoms with E-state index in [1.54, 1.807) is 12.2 Å². The summed E-state index contributed by atoms with van der Waals surface area (Å²) in [6, 6.07) is 0. The van der Waals surface area contributed by atoms with Gasteiger partial charge in [-0.25, -0.2) is 0 Å². The van der Waals surface area contributed by atoms with Gasteiger partial charge in [-0.05, 0) is 0 Å². The van der Waals surface area contributed by atoms with Gasteiger partial charge in [0.25, 0.3) is 0 Å². The molecule has 3 heteroatoms. The molecular formula is C11H14Cl2Hf. The van der Waals surface area contributed by atoms with E-state index in [1.165, 1.54) is 12.8 Å². The van der Waals surface area contributed by atoms with Gasteiger partial charge in [0.15, 0.2) is 0 Å². The molecule has 0 heterocycles. The maximum Gasteiger partial charge on any atom is -0.147 e. The Balaban J connectivity index is 0.000000845. The molecule has 0 amide bonds. The van der Waals surface area contributed by atoms with Gasteiger partial charge in [-0.15, -0.1) is 24.8 Å². The molecule has 0 radical (unpaired) electrons. The monoisotopic (exact) mass is 396 g/mol. The van der Waals surface area contributed by atoms with E-state index in [-0.39, 0.29) is 24.8 Å². The minimum atomic E-state index is -0.569. The molecule has 0 nitrogen and oxygen atoms in total. The zero-order valence-electron chi connectivity index (χ0n) is 8.12. The molecule has 2 aliphatic rings. The molecule has 0 aromatic rings. The first kappa shape index (κ1) is 14.4. The average Bonchev–Trinajstić information content (AvgIpc) is 2.65. The van der Waals surface area contributed by atoms with Gasteiger partial charge in [-0.3, -0.25) is 0 Å². The second-order valence-corrected chi connectivity index (χ2v) is 8.59. The molecule has 0 aromatic carbocycles. The van der Waals surface area contributed by atoms with Gasteiger partial charge in [-0.1, -0.05) is 0 Å². The number of rotatable bonds is 2. The largest absolute Gasteiger partial charge is 0.147 e. The summed E-state index contributed by atoms with van der Waals surface area (Å²) in [5.74, 6) is 0. The molecule has 14 heavy (non-hydrogen) atoms. The quantitative estimate of drug-likeness (QED) is 0.620. The standard InChI is InChI=1S/C6H7.C5H5.2ClH.Hf/c1-6-4-2-3-5-6;1-2-4-5-3-1;;;/h2,4H,3H2,1H3;1-3H,4H2;2*1H;. The third-order valence-electron chi connectivity index (χ3n) is 2.25. The molecule has 0 saturated heterocycles. The van der Waals surface area contributed by atoms with Crippen LogP contribution in [-0.2, 0) is 22.9 Å². The van der Waals surface area contributed by atoms with Crippen molar-refractivity contribution >= 4 is 24.8 Å². The van der Waals surface area contributed by atoms with Gasteiger partial charge < -0.3 is 0 Å². The molecule has 76 valence electrons. The van der Waals surface area contributed by atoms with Gasteiger partial charge in [0, 0.05) is 0 Å². The van der Waals surface area contributed by atoms with Crippen LogP contribution in [0.1, 0.15) is 19.8 Å². The summed E-state index contributed by atoms with van der Waals surface area (Å²) in [6.07, 6.45) is 13.9. The van der Waals surface area contributed by atoms with Crippen LogP contribution in [-0.4, -0.2) is 0 Å². The Hall–Kier alpha value is 0.410. The average molecular weight is 396 g/mol. The van der Waals surface area contributed by atoms with Crippen LogP contribution in [0.15, 0.2) is 42.6 Å². The molecule has 2 rings (SSSR count). The smallest absolute Gasteiger partial charge is 0.147 e. The Morgan fingerprint density at radius 2 is 1.93 bits per heavy atom. The third-order valence-corrected chi connectivity index (χ3v) is 7.97. The van der Waals surface area contributed by atoms with Crippen molar-refractivity contribution in [2.75, 3.05) is 0 Å². The van der Waals surface area contributed by atoms with E-state index in [0.717, 1.165) is 0 Å². The zero-order valence-corrected chi connectivity index (χ0v) is 13.3. The second-order valence-electron chi connectivity index (χ2n) is 3.22. The van der Waals surface area contributed by atoms with Crippen LogP contribution in [0, 0.1) is 0 Å². The first-order chi connectivity index (χ1) is 5.86. The van der Waals surface area contributed by atoms with Crippen molar-refractivity contribution in [3.8, 4) is 0 Å². The van der Waals surface area contributed by atoms with Crippen LogP contribution in [0.5, 0.6) is 0 Å². The van der Waals surface area contributed by atoms with Gasteiger partial charge in [-0.2, -0.15) is 0 Å². The molecule has 0 atom stereocenters. The normalized spacial score (nSPS) is 17.6. The zero-order chi connectivity index (χ0) is 8.39. The number of halogens is 2. The van der Waals surface area contributed by atoms with Crippen LogP contribution in [0.2, 0.25) is 0 Å². The van der Waals surface area contributed by atoms with Crippen molar-refractivity contribution in [3.63, 3.8) is 0 Å². The van der Waals surface area contributed by atoms with Crippen LogP contribution < -0.4 is 0 Å². The Bertz CT molecular complexity index is 311. The van der Waals surface area contributed by atoms with Crippen molar-refractivity contribution in [1.82, 2.24) is 0 Å². The summed E-state index contributed by atoms with van der Waals surface area (Å²) in [5, 5.41) is 0. The summed E-state index contributed by atoms with van der Waals surface area (Å²) in [4.78, 5) is 0. The molecule has 0 N–H and O–H groups in total. The van der Waals surface area contributed by atoms with E-state index in [2.05, 4.69) is 37.3 Å². The molecule has 0 spiro atoms. The van der Waals surface area contributed by atoms with Crippen molar-refractivity contribution in [3.05, 3.63) is 42.6 Å². The number of hydrogen-bond donors (Lipinski definition) is 0. The van der Waals surface area contributed by atoms with Gasteiger partial charge in [0.1, 0.15) is 0 Å². The maximum absolute atomic E-state index is 2.34. The van der Waals surface area contributed by atoms with E-state index >= 15 is 0 Å². The Labute approximate surface area is 109 Å². The Morgan fingerprint density at radius 1 is 1.14 bits per heavy atom. The van der Waals surface area contributed by atoms with Gasteiger partial charge in [0.2, 0.25) is 0 Å². The molecule has 0 bridgehead atoms. The minimum Gasteiger partial charge on any atom is -0.147 e. The molecule has 0 saturated carbocycles. The molecule has 0 aromatic heterocycles. The van der Waals surface area contributed by atoms with E-state index in [4.69, 9.17) is 0 Å². The Kier molecular flexibility index (Phi) is 7.01.